The van der Waals surface area contributed by atoms with E-state index in [0.29, 0.717) is 33.9 Å². The lowest BCUT2D eigenvalue weighted by molar-refractivity contribution is 0.301. The molecule has 0 aliphatic rings. The second-order valence-corrected chi connectivity index (χ2v) is 8.19. The fraction of sp³-hybridized carbons (Fsp3) is 0.148. The summed E-state index contributed by atoms with van der Waals surface area (Å²) < 4.78 is 23.1. The summed E-state index contributed by atoms with van der Waals surface area (Å²) in [5.41, 5.74) is 5.05. The van der Waals surface area contributed by atoms with Crippen LogP contribution in [0.5, 0.6) is 5.75 Å². The number of aromatic nitrogens is 4. The molecule has 3 heterocycles. The molecule has 5 aromatic rings. The van der Waals surface area contributed by atoms with Gasteiger partial charge in [-0.25, -0.2) is 14.1 Å². The van der Waals surface area contributed by atoms with Crippen LogP contribution < -0.4 is 10.3 Å². The van der Waals surface area contributed by atoms with Crippen LogP contribution in [0.1, 0.15) is 22.5 Å². The van der Waals surface area contributed by atoms with E-state index in [1.54, 1.807) is 43.5 Å². The van der Waals surface area contributed by atoms with Gasteiger partial charge in [0, 0.05) is 17.5 Å². The molecule has 170 valence electrons. The van der Waals surface area contributed by atoms with Crippen molar-refractivity contribution in [1.29, 1.82) is 0 Å². The third-order valence-corrected chi connectivity index (χ3v) is 5.83. The third kappa shape index (κ3) is 3.75. The van der Waals surface area contributed by atoms with Crippen molar-refractivity contribution in [3.05, 3.63) is 112 Å². The molecule has 34 heavy (non-hydrogen) atoms. The minimum absolute atomic E-state index is 0.0308. The number of benzene rings is 2. The molecule has 0 saturated carbocycles. The number of hydrogen-bond donors (Lipinski definition) is 0. The molecular formula is C27H23FN4O2. The van der Waals surface area contributed by atoms with Gasteiger partial charge < -0.3 is 4.74 Å². The van der Waals surface area contributed by atoms with Crippen molar-refractivity contribution in [1.82, 2.24) is 19.2 Å². The zero-order valence-corrected chi connectivity index (χ0v) is 19.1. The SMILES string of the molecule is Cc1ccccc1-n1nc(-c2c(C)nc3c(OCc4ccccc4F)cccn3c2=O)cc1C. The van der Waals surface area contributed by atoms with Gasteiger partial charge in [-0.1, -0.05) is 36.4 Å². The topological polar surface area (TPSA) is 61.4 Å². The van der Waals surface area contributed by atoms with Crippen molar-refractivity contribution < 1.29 is 9.13 Å². The van der Waals surface area contributed by atoms with Crippen LogP contribution >= 0.6 is 0 Å². The average molecular weight is 455 g/mol. The summed E-state index contributed by atoms with van der Waals surface area (Å²) in [4.78, 5) is 18.2. The van der Waals surface area contributed by atoms with Crippen LogP contribution in [0.4, 0.5) is 4.39 Å². The molecule has 0 spiro atoms. The molecule has 0 unspecified atom stereocenters. The Kier molecular flexibility index (Phi) is 5.45. The van der Waals surface area contributed by atoms with Gasteiger partial charge in [-0.15, -0.1) is 0 Å². The van der Waals surface area contributed by atoms with E-state index in [-0.39, 0.29) is 18.0 Å². The van der Waals surface area contributed by atoms with E-state index in [2.05, 4.69) is 4.98 Å². The molecule has 6 nitrogen and oxygen atoms in total. The molecule has 7 heteroatoms. The summed E-state index contributed by atoms with van der Waals surface area (Å²) in [5.74, 6) is 0.0602. The van der Waals surface area contributed by atoms with Crippen molar-refractivity contribution >= 4 is 5.65 Å². The van der Waals surface area contributed by atoms with Gasteiger partial charge in [0.2, 0.25) is 0 Å². The molecule has 0 amide bonds. The summed E-state index contributed by atoms with van der Waals surface area (Å²) in [6, 6.07) is 19.7. The van der Waals surface area contributed by atoms with E-state index in [1.807, 2.05) is 48.9 Å². The van der Waals surface area contributed by atoms with E-state index in [1.165, 1.54) is 10.5 Å². The van der Waals surface area contributed by atoms with Crippen LogP contribution in [0.25, 0.3) is 22.6 Å². The van der Waals surface area contributed by atoms with Gasteiger partial charge >= 0.3 is 0 Å². The first-order valence-corrected chi connectivity index (χ1v) is 11.0. The van der Waals surface area contributed by atoms with Gasteiger partial charge in [-0.05, 0) is 56.7 Å². The molecule has 0 bridgehead atoms. The molecule has 0 aliphatic heterocycles. The van der Waals surface area contributed by atoms with Crippen molar-refractivity contribution in [3.8, 4) is 22.7 Å². The Morgan fingerprint density at radius 2 is 1.74 bits per heavy atom. The number of hydrogen-bond acceptors (Lipinski definition) is 4. The van der Waals surface area contributed by atoms with Crippen LogP contribution in [0.15, 0.2) is 77.7 Å². The molecule has 5 rings (SSSR count). The molecule has 0 radical (unpaired) electrons. The Balaban J connectivity index is 1.57. The number of rotatable bonds is 5. The van der Waals surface area contributed by atoms with Gasteiger partial charge in [0.1, 0.15) is 18.1 Å². The van der Waals surface area contributed by atoms with Gasteiger partial charge in [-0.3, -0.25) is 9.20 Å². The average Bonchev–Trinajstić information content (AvgIpc) is 3.19. The Hall–Kier alpha value is -4.26. The summed E-state index contributed by atoms with van der Waals surface area (Å²) >= 11 is 0. The van der Waals surface area contributed by atoms with E-state index in [0.717, 1.165) is 16.9 Å². The van der Waals surface area contributed by atoms with Gasteiger partial charge in [0.15, 0.2) is 11.4 Å². The molecular weight excluding hydrogens is 431 g/mol. The summed E-state index contributed by atoms with van der Waals surface area (Å²) in [5, 5.41) is 4.74. The van der Waals surface area contributed by atoms with E-state index in [4.69, 9.17) is 9.84 Å². The largest absolute Gasteiger partial charge is 0.485 e. The fourth-order valence-corrected chi connectivity index (χ4v) is 4.06. The molecule has 3 aromatic heterocycles. The fourth-order valence-electron chi connectivity index (χ4n) is 4.06. The van der Waals surface area contributed by atoms with E-state index in [9.17, 15) is 9.18 Å². The lowest BCUT2D eigenvalue weighted by Gasteiger charge is -2.12. The Morgan fingerprint density at radius 1 is 0.971 bits per heavy atom. The molecule has 0 aliphatic carbocycles. The Bertz CT molecular complexity index is 1590. The quantitative estimate of drug-likeness (QED) is 0.367. The Labute approximate surface area is 195 Å². The highest BCUT2D eigenvalue weighted by Gasteiger charge is 2.19. The normalized spacial score (nSPS) is 11.2. The summed E-state index contributed by atoms with van der Waals surface area (Å²) in [7, 11) is 0. The van der Waals surface area contributed by atoms with Crippen LogP contribution in [0, 0.1) is 26.6 Å². The number of para-hydroxylation sites is 1. The molecule has 0 saturated heterocycles. The van der Waals surface area contributed by atoms with Gasteiger partial charge in [0.25, 0.3) is 5.56 Å². The minimum Gasteiger partial charge on any atom is -0.485 e. The molecule has 0 fully saturated rings. The maximum Gasteiger partial charge on any atom is 0.267 e. The van der Waals surface area contributed by atoms with Crippen LogP contribution in [-0.2, 0) is 6.61 Å². The van der Waals surface area contributed by atoms with Crippen molar-refractivity contribution in [2.24, 2.45) is 0 Å². The first-order chi connectivity index (χ1) is 16.4. The first kappa shape index (κ1) is 21.6. The van der Waals surface area contributed by atoms with Crippen molar-refractivity contribution in [2.75, 3.05) is 0 Å². The standard InChI is InChI=1S/C27H23FN4O2/c1-17-9-4-7-12-23(17)32-18(2)15-22(30-32)25-19(3)29-26-24(13-8-14-31(26)27(25)33)34-16-20-10-5-6-11-21(20)28/h4-15H,16H2,1-3H3. The summed E-state index contributed by atoms with van der Waals surface area (Å²) in [6.45, 7) is 5.80. The zero-order chi connectivity index (χ0) is 23.8. The van der Waals surface area contributed by atoms with Crippen LogP contribution in [0.3, 0.4) is 0 Å². The smallest absolute Gasteiger partial charge is 0.267 e. The monoisotopic (exact) mass is 454 g/mol. The number of fused-ring (bicyclic) bond motifs is 1. The number of pyridine rings is 1. The van der Waals surface area contributed by atoms with Gasteiger partial charge in [-0.2, -0.15) is 5.10 Å². The number of aryl methyl sites for hydroxylation is 3. The second-order valence-electron chi connectivity index (χ2n) is 8.19. The number of ether oxygens (including phenoxy) is 1. The minimum atomic E-state index is -0.342. The van der Waals surface area contributed by atoms with Crippen LogP contribution in [0.2, 0.25) is 0 Å². The van der Waals surface area contributed by atoms with E-state index >= 15 is 0 Å². The first-order valence-electron chi connectivity index (χ1n) is 11.0. The Morgan fingerprint density at radius 3 is 2.53 bits per heavy atom. The maximum absolute atomic E-state index is 14.0. The molecule has 2 aromatic carbocycles. The maximum atomic E-state index is 14.0. The van der Waals surface area contributed by atoms with Crippen LogP contribution in [-0.4, -0.2) is 19.2 Å². The summed E-state index contributed by atoms with van der Waals surface area (Å²) in [6.07, 6.45) is 1.65. The molecule has 0 N–H and O–H groups in total. The third-order valence-electron chi connectivity index (χ3n) is 5.83. The molecule has 0 atom stereocenters. The van der Waals surface area contributed by atoms with Crippen molar-refractivity contribution in [2.45, 2.75) is 27.4 Å². The van der Waals surface area contributed by atoms with E-state index < -0.39 is 0 Å². The highest BCUT2D eigenvalue weighted by Crippen LogP contribution is 2.25. The van der Waals surface area contributed by atoms with Crippen molar-refractivity contribution in [3.63, 3.8) is 0 Å². The van der Waals surface area contributed by atoms with Gasteiger partial charge in [0.05, 0.1) is 16.9 Å². The predicted molar refractivity (Wildman–Crippen MR) is 129 cm³/mol. The number of halogens is 1. The number of nitrogens with zero attached hydrogens (tertiary/aromatic N) is 4. The lowest BCUT2D eigenvalue weighted by atomic mass is 10.1. The zero-order valence-electron chi connectivity index (χ0n) is 19.1. The lowest BCUT2D eigenvalue weighted by Crippen LogP contribution is -2.19. The second kappa shape index (κ2) is 8.59. The highest BCUT2D eigenvalue weighted by molar-refractivity contribution is 5.66. The predicted octanol–water partition coefficient (Wildman–Crippen LogP) is 5.19. The highest BCUT2D eigenvalue weighted by atomic mass is 19.1.